The molecule has 0 spiro atoms. The maximum Gasteiger partial charge on any atom is 0.129 e. The summed E-state index contributed by atoms with van der Waals surface area (Å²) in [6, 6.07) is 5.05. The highest BCUT2D eigenvalue weighted by molar-refractivity contribution is 8.00. The largest absolute Gasteiger partial charge is 0.324 e. The van der Waals surface area contributed by atoms with E-state index < -0.39 is 0 Å². The fourth-order valence-electron chi connectivity index (χ4n) is 2.42. The van der Waals surface area contributed by atoms with Crippen LogP contribution in [0.15, 0.2) is 23.1 Å². The number of rotatable bonds is 3. The fraction of sp³-hybridized carbons (Fsp3) is 0.571. The van der Waals surface area contributed by atoms with Gasteiger partial charge >= 0.3 is 0 Å². The second-order valence-electron chi connectivity index (χ2n) is 4.82. The molecule has 1 aromatic rings. The summed E-state index contributed by atoms with van der Waals surface area (Å²) in [5.74, 6) is -0.166. The summed E-state index contributed by atoms with van der Waals surface area (Å²) >= 11 is 1.81. The molecule has 1 nitrogen and oxygen atoms in total. The molecule has 1 aliphatic carbocycles. The van der Waals surface area contributed by atoms with E-state index in [-0.39, 0.29) is 11.9 Å². The van der Waals surface area contributed by atoms with E-state index in [0.717, 1.165) is 4.90 Å². The maximum absolute atomic E-state index is 13.8. The minimum absolute atomic E-state index is 0.166. The van der Waals surface area contributed by atoms with Gasteiger partial charge in [0.25, 0.3) is 0 Å². The molecule has 1 aliphatic rings. The summed E-state index contributed by atoms with van der Waals surface area (Å²) in [5.41, 5.74) is 6.55. The molecular weight excluding hydrogens is 233 g/mol. The molecule has 0 radical (unpaired) electrons. The van der Waals surface area contributed by atoms with Crippen molar-refractivity contribution < 1.29 is 4.39 Å². The van der Waals surface area contributed by atoms with Crippen LogP contribution in [0.2, 0.25) is 0 Å². The molecule has 3 heteroatoms. The molecule has 0 saturated heterocycles. The van der Waals surface area contributed by atoms with E-state index in [4.69, 9.17) is 5.73 Å². The Morgan fingerprint density at radius 3 is 2.65 bits per heavy atom. The lowest BCUT2D eigenvalue weighted by molar-refractivity contribution is 0.515. The van der Waals surface area contributed by atoms with Gasteiger partial charge in [0.05, 0.1) is 0 Å². The molecule has 1 aromatic carbocycles. The van der Waals surface area contributed by atoms with Gasteiger partial charge in [0.2, 0.25) is 0 Å². The van der Waals surface area contributed by atoms with E-state index in [2.05, 4.69) is 0 Å². The van der Waals surface area contributed by atoms with Gasteiger partial charge in [0, 0.05) is 21.8 Å². The normalized spacial score (nSPS) is 19.2. The maximum atomic E-state index is 13.8. The molecule has 2 N–H and O–H groups in total. The Morgan fingerprint density at radius 1 is 1.29 bits per heavy atom. The predicted molar refractivity (Wildman–Crippen MR) is 71.7 cm³/mol. The average Bonchev–Trinajstić information content (AvgIpc) is 2.30. The second-order valence-corrected chi connectivity index (χ2v) is 6.16. The summed E-state index contributed by atoms with van der Waals surface area (Å²) in [4.78, 5) is 1.03. The Hall–Kier alpha value is -0.540. The first-order valence-electron chi connectivity index (χ1n) is 6.39. The van der Waals surface area contributed by atoms with Crippen LogP contribution in [0, 0.1) is 5.82 Å². The number of hydrogen-bond acceptors (Lipinski definition) is 2. The number of nitrogens with two attached hydrogens (primary N) is 1. The first kappa shape index (κ1) is 12.9. The van der Waals surface area contributed by atoms with Crippen LogP contribution in [0.5, 0.6) is 0 Å². The van der Waals surface area contributed by atoms with Crippen molar-refractivity contribution in [3.8, 4) is 0 Å². The standard InChI is InChI=1S/C14H20FNS/c1-10(16)14-12(15)8-5-9-13(14)17-11-6-3-2-4-7-11/h5,8-11H,2-4,6-7,16H2,1H3/t10-/m1/s1. The highest BCUT2D eigenvalue weighted by Gasteiger charge is 2.19. The van der Waals surface area contributed by atoms with E-state index in [1.807, 2.05) is 24.8 Å². The van der Waals surface area contributed by atoms with E-state index in [9.17, 15) is 4.39 Å². The van der Waals surface area contributed by atoms with Gasteiger partial charge in [0.15, 0.2) is 0 Å². The summed E-state index contributed by atoms with van der Waals surface area (Å²) in [7, 11) is 0. The van der Waals surface area contributed by atoms with Gasteiger partial charge in [-0.2, -0.15) is 0 Å². The van der Waals surface area contributed by atoms with Crippen LogP contribution in [-0.2, 0) is 0 Å². The number of halogens is 1. The minimum Gasteiger partial charge on any atom is -0.324 e. The van der Waals surface area contributed by atoms with Crippen LogP contribution in [0.3, 0.4) is 0 Å². The number of hydrogen-bond donors (Lipinski definition) is 1. The second kappa shape index (κ2) is 5.87. The zero-order valence-electron chi connectivity index (χ0n) is 10.3. The lowest BCUT2D eigenvalue weighted by atomic mass is 10.0. The highest BCUT2D eigenvalue weighted by Crippen LogP contribution is 2.37. The topological polar surface area (TPSA) is 26.0 Å². The Labute approximate surface area is 107 Å². The molecular formula is C14H20FNS. The Kier molecular flexibility index (Phi) is 4.46. The first-order valence-corrected chi connectivity index (χ1v) is 7.27. The molecule has 0 bridgehead atoms. The summed E-state index contributed by atoms with van der Waals surface area (Å²) in [6.07, 6.45) is 6.46. The molecule has 0 aliphatic heterocycles. The summed E-state index contributed by atoms with van der Waals surface area (Å²) < 4.78 is 13.8. The monoisotopic (exact) mass is 253 g/mol. The lowest BCUT2D eigenvalue weighted by Crippen LogP contribution is -2.12. The Balaban J connectivity index is 2.16. The van der Waals surface area contributed by atoms with Crippen molar-refractivity contribution >= 4 is 11.8 Å². The van der Waals surface area contributed by atoms with Crippen molar-refractivity contribution in [2.24, 2.45) is 5.73 Å². The third kappa shape index (κ3) is 3.23. The van der Waals surface area contributed by atoms with Gasteiger partial charge in [0.1, 0.15) is 5.82 Å². The van der Waals surface area contributed by atoms with Crippen LogP contribution >= 0.6 is 11.8 Å². The van der Waals surface area contributed by atoms with Crippen LogP contribution < -0.4 is 5.73 Å². The van der Waals surface area contributed by atoms with Crippen molar-refractivity contribution in [3.05, 3.63) is 29.6 Å². The van der Waals surface area contributed by atoms with Gasteiger partial charge in [-0.3, -0.25) is 0 Å². The third-order valence-corrected chi connectivity index (χ3v) is 4.73. The van der Waals surface area contributed by atoms with Crippen LogP contribution in [0.1, 0.15) is 50.6 Å². The first-order chi connectivity index (χ1) is 8.18. The van der Waals surface area contributed by atoms with Crippen LogP contribution in [0.4, 0.5) is 4.39 Å². The van der Waals surface area contributed by atoms with E-state index in [1.54, 1.807) is 6.07 Å². The number of benzene rings is 1. The van der Waals surface area contributed by atoms with Gasteiger partial charge in [-0.1, -0.05) is 25.3 Å². The van der Waals surface area contributed by atoms with Gasteiger partial charge in [-0.05, 0) is 31.9 Å². The molecule has 0 heterocycles. The van der Waals surface area contributed by atoms with Crippen molar-refractivity contribution in [1.29, 1.82) is 0 Å². The average molecular weight is 253 g/mol. The van der Waals surface area contributed by atoms with Crippen molar-refractivity contribution in [1.82, 2.24) is 0 Å². The zero-order valence-corrected chi connectivity index (χ0v) is 11.1. The lowest BCUT2D eigenvalue weighted by Gasteiger charge is -2.23. The number of thioether (sulfide) groups is 1. The zero-order chi connectivity index (χ0) is 12.3. The van der Waals surface area contributed by atoms with Gasteiger partial charge < -0.3 is 5.73 Å². The minimum atomic E-state index is -0.234. The summed E-state index contributed by atoms with van der Waals surface area (Å²) in [6.45, 7) is 1.85. The van der Waals surface area contributed by atoms with Gasteiger partial charge in [-0.15, -0.1) is 11.8 Å². The molecule has 1 atom stereocenters. The third-order valence-electron chi connectivity index (χ3n) is 3.31. The molecule has 1 fully saturated rings. The van der Waals surface area contributed by atoms with Crippen LogP contribution in [0.25, 0.3) is 0 Å². The van der Waals surface area contributed by atoms with E-state index in [1.165, 1.54) is 38.2 Å². The van der Waals surface area contributed by atoms with E-state index >= 15 is 0 Å². The summed E-state index contributed by atoms with van der Waals surface area (Å²) in [5, 5.41) is 0.642. The van der Waals surface area contributed by atoms with Crippen LogP contribution in [-0.4, -0.2) is 5.25 Å². The molecule has 0 aromatic heterocycles. The highest BCUT2D eigenvalue weighted by atomic mass is 32.2. The fourth-order valence-corrected chi connectivity index (χ4v) is 3.92. The quantitative estimate of drug-likeness (QED) is 0.870. The Morgan fingerprint density at radius 2 is 2.00 bits per heavy atom. The molecule has 0 unspecified atom stereocenters. The predicted octanol–water partition coefficient (Wildman–Crippen LogP) is 4.27. The molecule has 17 heavy (non-hydrogen) atoms. The van der Waals surface area contributed by atoms with Gasteiger partial charge in [-0.25, -0.2) is 4.39 Å². The SMILES string of the molecule is C[C@@H](N)c1c(F)cccc1SC1CCCCC1. The Bertz CT molecular complexity index is 372. The molecule has 0 amide bonds. The van der Waals surface area contributed by atoms with Crippen molar-refractivity contribution in [2.45, 2.75) is 55.2 Å². The molecule has 1 saturated carbocycles. The van der Waals surface area contributed by atoms with Crippen molar-refractivity contribution in [2.75, 3.05) is 0 Å². The smallest absolute Gasteiger partial charge is 0.129 e. The molecule has 94 valence electrons. The van der Waals surface area contributed by atoms with E-state index in [0.29, 0.717) is 10.8 Å². The van der Waals surface area contributed by atoms with Crippen molar-refractivity contribution in [3.63, 3.8) is 0 Å². The molecule has 2 rings (SSSR count).